The molecule has 0 bridgehead atoms. The van der Waals surface area contributed by atoms with Gasteiger partial charge in [0, 0.05) is 44.8 Å². The predicted octanol–water partition coefficient (Wildman–Crippen LogP) is 4.50. The van der Waals surface area contributed by atoms with E-state index in [1.807, 2.05) is 42.2 Å². The van der Waals surface area contributed by atoms with Crippen LogP contribution in [0.5, 0.6) is 0 Å². The smallest absolute Gasteiger partial charge is 0.233 e. The van der Waals surface area contributed by atoms with E-state index in [0.29, 0.717) is 32.2 Å². The standard InChI is InChI=1S/C23H33N3O3/c1-4-21(27)25(14-10-16-28-3)17-20-22(19-12-6-5-7-13-19)24-29-23(20)26-15-9-8-11-18(26)2/h5-7,12-13,18H,4,8-11,14-17H2,1-3H3/t18-/m1/s1. The van der Waals surface area contributed by atoms with Crippen molar-refractivity contribution in [3.8, 4) is 11.3 Å². The number of carbonyl (C=O) groups is 1. The number of ether oxygens (including phenoxy) is 1. The summed E-state index contributed by atoms with van der Waals surface area (Å²) in [7, 11) is 1.69. The van der Waals surface area contributed by atoms with Crippen LogP contribution >= 0.6 is 0 Å². The van der Waals surface area contributed by atoms with Crippen LogP contribution in [-0.4, -0.2) is 48.8 Å². The summed E-state index contributed by atoms with van der Waals surface area (Å²) in [5, 5.41) is 4.45. The molecule has 1 aliphatic rings. The van der Waals surface area contributed by atoms with Crippen molar-refractivity contribution in [1.29, 1.82) is 0 Å². The van der Waals surface area contributed by atoms with Gasteiger partial charge >= 0.3 is 0 Å². The van der Waals surface area contributed by atoms with Gasteiger partial charge in [0.1, 0.15) is 5.69 Å². The van der Waals surface area contributed by atoms with Gasteiger partial charge in [0.15, 0.2) is 0 Å². The maximum Gasteiger partial charge on any atom is 0.233 e. The predicted molar refractivity (Wildman–Crippen MR) is 115 cm³/mol. The molecule has 0 aliphatic carbocycles. The highest BCUT2D eigenvalue weighted by Gasteiger charge is 2.29. The van der Waals surface area contributed by atoms with Crippen LogP contribution in [-0.2, 0) is 16.1 Å². The number of anilines is 1. The van der Waals surface area contributed by atoms with E-state index in [-0.39, 0.29) is 5.91 Å². The van der Waals surface area contributed by atoms with Crippen molar-refractivity contribution in [3.63, 3.8) is 0 Å². The number of hydrogen-bond acceptors (Lipinski definition) is 5. The second kappa shape index (κ2) is 10.4. The molecule has 6 heteroatoms. The van der Waals surface area contributed by atoms with Gasteiger partial charge in [0.2, 0.25) is 11.8 Å². The fourth-order valence-electron chi connectivity index (χ4n) is 4.00. The van der Waals surface area contributed by atoms with E-state index >= 15 is 0 Å². The third-order valence-electron chi connectivity index (χ3n) is 5.66. The zero-order valence-electron chi connectivity index (χ0n) is 17.9. The SMILES string of the molecule is CCC(=O)N(CCCOC)Cc1c(-c2ccccc2)noc1N1CCCC[C@H]1C. The molecular formula is C23H33N3O3. The van der Waals surface area contributed by atoms with Crippen molar-refractivity contribution in [1.82, 2.24) is 10.1 Å². The van der Waals surface area contributed by atoms with Crippen LogP contribution in [0.2, 0.25) is 0 Å². The fourth-order valence-corrected chi connectivity index (χ4v) is 4.00. The molecule has 1 atom stereocenters. The normalized spacial score (nSPS) is 16.8. The average molecular weight is 400 g/mol. The summed E-state index contributed by atoms with van der Waals surface area (Å²) in [6.45, 7) is 6.91. The summed E-state index contributed by atoms with van der Waals surface area (Å²) >= 11 is 0. The Bertz CT molecular complexity index is 775. The topological polar surface area (TPSA) is 58.8 Å². The van der Waals surface area contributed by atoms with Crippen molar-refractivity contribution < 1.29 is 14.1 Å². The molecule has 2 aromatic rings. The van der Waals surface area contributed by atoms with Crippen molar-refractivity contribution >= 4 is 11.8 Å². The monoisotopic (exact) mass is 399 g/mol. The summed E-state index contributed by atoms with van der Waals surface area (Å²) in [5.41, 5.74) is 2.85. The number of carbonyl (C=O) groups excluding carboxylic acids is 1. The van der Waals surface area contributed by atoms with E-state index in [1.165, 1.54) is 6.42 Å². The van der Waals surface area contributed by atoms with Gasteiger partial charge < -0.3 is 19.1 Å². The number of methoxy groups -OCH3 is 1. The molecule has 0 saturated carbocycles. The Morgan fingerprint density at radius 3 is 2.79 bits per heavy atom. The van der Waals surface area contributed by atoms with E-state index in [2.05, 4.69) is 17.0 Å². The molecule has 29 heavy (non-hydrogen) atoms. The van der Waals surface area contributed by atoms with Gasteiger partial charge in [-0.15, -0.1) is 0 Å². The number of aromatic nitrogens is 1. The van der Waals surface area contributed by atoms with Gasteiger partial charge in [0.25, 0.3) is 0 Å². The first-order valence-electron chi connectivity index (χ1n) is 10.7. The molecule has 0 unspecified atom stereocenters. The molecule has 6 nitrogen and oxygen atoms in total. The maximum absolute atomic E-state index is 12.7. The minimum atomic E-state index is 0.138. The molecule has 1 saturated heterocycles. The molecule has 0 spiro atoms. The van der Waals surface area contributed by atoms with Crippen LogP contribution in [0, 0.1) is 0 Å². The summed E-state index contributed by atoms with van der Waals surface area (Å²) in [6, 6.07) is 10.5. The first kappa shape index (κ1) is 21.4. The number of rotatable bonds is 9. The highest BCUT2D eigenvalue weighted by atomic mass is 16.5. The highest BCUT2D eigenvalue weighted by Crippen LogP contribution is 2.35. The zero-order chi connectivity index (χ0) is 20.6. The highest BCUT2D eigenvalue weighted by molar-refractivity contribution is 5.77. The molecule has 1 aromatic heterocycles. The number of piperidine rings is 1. The maximum atomic E-state index is 12.7. The quantitative estimate of drug-likeness (QED) is 0.581. The summed E-state index contributed by atoms with van der Waals surface area (Å²) in [4.78, 5) is 16.9. The van der Waals surface area contributed by atoms with E-state index in [9.17, 15) is 4.79 Å². The minimum Gasteiger partial charge on any atom is -0.385 e. The van der Waals surface area contributed by atoms with Gasteiger partial charge in [-0.3, -0.25) is 4.79 Å². The van der Waals surface area contributed by atoms with Gasteiger partial charge in [-0.1, -0.05) is 42.4 Å². The second-order valence-electron chi connectivity index (χ2n) is 7.73. The van der Waals surface area contributed by atoms with E-state index in [0.717, 1.165) is 48.5 Å². The van der Waals surface area contributed by atoms with Crippen molar-refractivity contribution in [2.24, 2.45) is 0 Å². The molecule has 1 amide bonds. The van der Waals surface area contributed by atoms with Crippen LogP contribution in [0.4, 0.5) is 5.88 Å². The summed E-state index contributed by atoms with van der Waals surface area (Å²) in [6.07, 6.45) is 4.82. The van der Waals surface area contributed by atoms with Crippen molar-refractivity contribution in [3.05, 3.63) is 35.9 Å². The van der Waals surface area contributed by atoms with Crippen LogP contribution in [0.3, 0.4) is 0 Å². The minimum absolute atomic E-state index is 0.138. The third-order valence-corrected chi connectivity index (χ3v) is 5.66. The average Bonchev–Trinajstić information content (AvgIpc) is 3.17. The molecular weight excluding hydrogens is 366 g/mol. The lowest BCUT2D eigenvalue weighted by molar-refractivity contribution is -0.131. The van der Waals surface area contributed by atoms with Crippen LogP contribution in [0.25, 0.3) is 11.3 Å². The number of hydrogen-bond donors (Lipinski definition) is 0. The molecule has 1 aromatic carbocycles. The Morgan fingerprint density at radius 2 is 2.10 bits per heavy atom. The Morgan fingerprint density at radius 1 is 1.31 bits per heavy atom. The van der Waals surface area contributed by atoms with Crippen molar-refractivity contribution in [2.75, 3.05) is 31.7 Å². The van der Waals surface area contributed by atoms with Crippen molar-refractivity contribution in [2.45, 2.75) is 58.5 Å². The third kappa shape index (κ3) is 5.18. The zero-order valence-corrected chi connectivity index (χ0v) is 17.9. The largest absolute Gasteiger partial charge is 0.385 e. The molecule has 2 heterocycles. The van der Waals surface area contributed by atoms with Gasteiger partial charge in [-0.05, 0) is 32.6 Å². The first-order valence-corrected chi connectivity index (χ1v) is 10.7. The van der Waals surface area contributed by atoms with E-state index < -0.39 is 0 Å². The van der Waals surface area contributed by atoms with Gasteiger partial charge in [-0.25, -0.2) is 0 Å². The molecule has 3 rings (SSSR count). The Balaban J connectivity index is 1.96. The Labute approximate surface area is 173 Å². The van der Waals surface area contributed by atoms with Gasteiger partial charge in [0.05, 0.1) is 12.1 Å². The molecule has 0 radical (unpaired) electrons. The lowest BCUT2D eigenvalue weighted by Gasteiger charge is -2.34. The molecule has 158 valence electrons. The van der Waals surface area contributed by atoms with E-state index in [1.54, 1.807) is 7.11 Å². The van der Waals surface area contributed by atoms with Gasteiger partial charge in [-0.2, -0.15) is 0 Å². The summed E-state index contributed by atoms with van der Waals surface area (Å²) < 4.78 is 11.1. The Hall–Kier alpha value is -2.34. The van der Waals surface area contributed by atoms with Crippen LogP contribution in [0.15, 0.2) is 34.9 Å². The van der Waals surface area contributed by atoms with Crippen LogP contribution < -0.4 is 4.90 Å². The Kier molecular flexibility index (Phi) is 7.69. The molecule has 0 N–H and O–H groups in total. The number of amides is 1. The lowest BCUT2D eigenvalue weighted by atomic mass is 10.0. The number of nitrogens with zero attached hydrogens (tertiary/aromatic N) is 3. The fraction of sp³-hybridized carbons (Fsp3) is 0.565. The van der Waals surface area contributed by atoms with Crippen LogP contribution in [0.1, 0.15) is 51.5 Å². The lowest BCUT2D eigenvalue weighted by Crippen LogP contribution is -2.38. The second-order valence-corrected chi connectivity index (χ2v) is 7.73. The molecule has 1 fully saturated rings. The molecule has 1 aliphatic heterocycles. The summed E-state index contributed by atoms with van der Waals surface area (Å²) in [5.74, 6) is 0.954. The number of benzene rings is 1. The van der Waals surface area contributed by atoms with E-state index in [4.69, 9.17) is 9.26 Å². The first-order chi connectivity index (χ1) is 14.2.